The molecule has 5 nitrogen and oxygen atoms in total. The van der Waals surface area contributed by atoms with Crippen LogP contribution in [0.1, 0.15) is 5.56 Å². The fraction of sp³-hybridized carbons (Fsp3) is 0.200. The van der Waals surface area contributed by atoms with Crippen molar-refractivity contribution in [1.29, 1.82) is 0 Å². The van der Waals surface area contributed by atoms with E-state index in [1.54, 1.807) is 19.1 Å². The molecule has 128 valence electrons. The maximum absolute atomic E-state index is 13.0. The van der Waals surface area contributed by atoms with Gasteiger partial charge in [-0.3, -0.25) is 14.5 Å². The fourth-order valence-electron chi connectivity index (χ4n) is 2.91. The first kappa shape index (κ1) is 16.9. The summed E-state index contributed by atoms with van der Waals surface area (Å²) in [5, 5.41) is 0. The van der Waals surface area contributed by atoms with Crippen LogP contribution in [-0.2, 0) is 14.3 Å². The van der Waals surface area contributed by atoms with Gasteiger partial charge in [0.05, 0.1) is 18.7 Å². The van der Waals surface area contributed by atoms with Crippen molar-refractivity contribution < 1.29 is 14.3 Å². The molecule has 3 rings (SSSR count). The Balaban J connectivity index is 2.09. The molecule has 0 bridgehead atoms. The van der Waals surface area contributed by atoms with E-state index in [9.17, 15) is 9.59 Å². The van der Waals surface area contributed by atoms with Crippen LogP contribution in [-0.4, -0.2) is 44.0 Å². The number of carbonyl (C=O) groups is 2. The lowest BCUT2D eigenvalue weighted by Gasteiger charge is -2.21. The quantitative estimate of drug-likeness (QED) is 0.761. The zero-order valence-corrected chi connectivity index (χ0v) is 14.3. The van der Waals surface area contributed by atoms with Gasteiger partial charge in [-0.2, -0.15) is 0 Å². The average molecular weight is 336 g/mol. The number of hydrogen-bond donors (Lipinski definition) is 0. The average Bonchev–Trinajstić information content (AvgIpc) is 2.91. The Morgan fingerprint density at radius 3 is 2.12 bits per heavy atom. The van der Waals surface area contributed by atoms with Crippen molar-refractivity contribution in [3.63, 3.8) is 0 Å². The van der Waals surface area contributed by atoms with Crippen LogP contribution >= 0.6 is 0 Å². The second kappa shape index (κ2) is 7.32. The number of ether oxygens (including phenoxy) is 1. The first-order valence-electron chi connectivity index (χ1n) is 8.08. The summed E-state index contributed by atoms with van der Waals surface area (Å²) in [6.45, 7) is 0.540. The van der Waals surface area contributed by atoms with Crippen LogP contribution in [0.4, 0.5) is 5.69 Å². The highest BCUT2D eigenvalue weighted by Crippen LogP contribution is 2.33. The summed E-state index contributed by atoms with van der Waals surface area (Å²) in [6.07, 6.45) is 0. The highest BCUT2D eigenvalue weighted by atomic mass is 16.5. The highest BCUT2D eigenvalue weighted by molar-refractivity contribution is 6.36. The first-order valence-corrected chi connectivity index (χ1v) is 8.08. The molecule has 0 aliphatic carbocycles. The second-order valence-corrected chi connectivity index (χ2v) is 5.74. The largest absolute Gasteiger partial charge is 0.383 e. The molecule has 1 heterocycles. The van der Waals surface area contributed by atoms with Crippen molar-refractivity contribution in [1.82, 2.24) is 4.90 Å². The highest BCUT2D eigenvalue weighted by Gasteiger charge is 2.40. The van der Waals surface area contributed by atoms with Gasteiger partial charge in [0, 0.05) is 19.8 Å². The predicted octanol–water partition coefficient (Wildman–Crippen LogP) is 2.55. The predicted molar refractivity (Wildman–Crippen MR) is 96.8 cm³/mol. The van der Waals surface area contributed by atoms with Gasteiger partial charge < -0.3 is 9.64 Å². The van der Waals surface area contributed by atoms with Crippen LogP contribution in [0.15, 0.2) is 66.4 Å². The number of nitrogens with zero attached hydrogens (tertiary/aromatic N) is 2. The Morgan fingerprint density at radius 1 is 0.920 bits per heavy atom. The number of carbonyl (C=O) groups excluding carboxylic acids is 2. The molecule has 0 radical (unpaired) electrons. The number of methoxy groups -OCH3 is 1. The van der Waals surface area contributed by atoms with E-state index in [0.29, 0.717) is 17.9 Å². The Bertz CT molecular complexity index is 800. The third kappa shape index (κ3) is 3.19. The van der Waals surface area contributed by atoms with Gasteiger partial charge in [0.15, 0.2) is 0 Å². The van der Waals surface area contributed by atoms with Gasteiger partial charge in [-0.15, -0.1) is 0 Å². The van der Waals surface area contributed by atoms with E-state index < -0.39 is 0 Å². The lowest BCUT2D eigenvalue weighted by Crippen LogP contribution is -2.36. The van der Waals surface area contributed by atoms with E-state index in [1.807, 2.05) is 60.7 Å². The van der Waals surface area contributed by atoms with E-state index >= 15 is 0 Å². The summed E-state index contributed by atoms with van der Waals surface area (Å²) < 4.78 is 5.04. The molecule has 2 aromatic carbocycles. The van der Waals surface area contributed by atoms with Gasteiger partial charge in [-0.25, -0.2) is 0 Å². The number of anilines is 1. The SMILES string of the molecule is COCCN1C(=O)C(c2ccccc2)=C(N(C)c2ccccc2)C1=O. The van der Waals surface area contributed by atoms with E-state index in [0.717, 1.165) is 11.3 Å². The monoisotopic (exact) mass is 336 g/mol. The van der Waals surface area contributed by atoms with Crippen LogP contribution in [0.3, 0.4) is 0 Å². The van der Waals surface area contributed by atoms with Crippen LogP contribution in [0.2, 0.25) is 0 Å². The van der Waals surface area contributed by atoms with Gasteiger partial charge in [0.1, 0.15) is 5.70 Å². The second-order valence-electron chi connectivity index (χ2n) is 5.74. The third-order valence-corrected chi connectivity index (χ3v) is 4.20. The Kier molecular flexibility index (Phi) is 4.95. The molecular formula is C20H20N2O3. The van der Waals surface area contributed by atoms with Gasteiger partial charge in [-0.1, -0.05) is 48.5 Å². The van der Waals surface area contributed by atoms with Gasteiger partial charge >= 0.3 is 0 Å². The number of hydrogen-bond acceptors (Lipinski definition) is 4. The fourth-order valence-corrected chi connectivity index (χ4v) is 2.91. The molecule has 25 heavy (non-hydrogen) atoms. The summed E-state index contributed by atoms with van der Waals surface area (Å²) >= 11 is 0. The molecule has 2 aromatic rings. The van der Waals surface area contributed by atoms with Crippen molar-refractivity contribution in [3.8, 4) is 0 Å². The topological polar surface area (TPSA) is 49.9 Å². The van der Waals surface area contributed by atoms with Crippen LogP contribution < -0.4 is 4.90 Å². The molecule has 5 heteroatoms. The van der Waals surface area contributed by atoms with Crippen LogP contribution in [0, 0.1) is 0 Å². The number of rotatable bonds is 6. The number of para-hydroxylation sites is 1. The maximum Gasteiger partial charge on any atom is 0.278 e. The van der Waals surface area contributed by atoms with Gasteiger partial charge in [-0.05, 0) is 17.7 Å². The van der Waals surface area contributed by atoms with Crippen LogP contribution in [0.25, 0.3) is 5.57 Å². The summed E-state index contributed by atoms with van der Waals surface area (Å²) in [5.74, 6) is -0.585. The lowest BCUT2D eigenvalue weighted by atomic mass is 10.0. The van der Waals surface area contributed by atoms with Crippen molar-refractivity contribution in [2.45, 2.75) is 0 Å². The normalized spacial score (nSPS) is 14.4. The summed E-state index contributed by atoms with van der Waals surface area (Å²) in [4.78, 5) is 28.9. The van der Waals surface area contributed by atoms with E-state index in [2.05, 4.69) is 0 Å². The lowest BCUT2D eigenvalue weighted by molar-refractivity contribution is -0.137. The maximum atomic E-state index is 13.0. The van der Waals surface area contributed by atoms with E-state index in [-0.39, 0.29) is 18.4 Å². The Hall–Kier alpha value is -2.92. The minimum atomic E-state index is -0.299. The zero-order valence-electron chi connectivity index (χ0n) is 14.3. The van der Waals surface area contributed by atoms with E-state index in [1.165, 1.54) is 4.90 Å². The van der Waals surface area contributed by atoms with Gasteiger partial charge in [0.25, 0.3) is 11.8 Å². The molecule has 1 aliphatic rings. The zero-order chi connectivity index (χ0) is 17.8. The number of likely N-dealkylation sites (N-methyl/N-ethyl adjacent to an activating group) is 1. The molecule has 0 N–H and O–H groups in total. The molecule has 0 fully saturated rings. The van der Waals surface area contributed by atoms with Crippen molar-refractivity contribution >= 4 is 23.1 Å². The van der Waals surface area contributed by atoms with Crippen molar-refractivity contribution in [3.05, 3.63) is 71.9 Å². The minimum absolute atomic E-state index is 0.233. The molecule has 0 saturated heterocycles. The van der Waals surface area contributed by atoms with Crippen molar-refractivity contribution in [2.24, 2.45) is 0 Å². The molecule has 0 atom stereocenters. The van der Waals surface area contributed by atoms with E-state index in [4.69, 9.17) is 4.74 Å². The molecule has 2 amide bonds. The standard InChI is InChI=1S/C20H20N2O3/c1-21(16-11-7-4-8-12-16)18-17(15-9-5-3-6-10-15)19(23)22(20(18)24)13-14-25-2/h3-12H,13-14H2,1-2H3. The molecule has 0 aromatic heterocycles. The smallest absolute Gasteiger partial charge is 0.278 e. The minimum Gasteiger partial charge on any atom is -0.383 e. The molecule has 1 aliphatic heterocycles. The first-order chi connectivity index (χ1) is 12.1. The third-order valence-electron chi connectivity index (χ3n) is 4.20. The van der Waals surface area contributed by atoms with Crippen LogP contribution in [0.5, 0.6) is 0 Å². The Labute approximate surface area is 147 Å². The summed E-state index contributed by atoms with van der Waals surface area (Å²) in [5.41, 5.74) is 2.39. The molecule has 0 saturated carbocycles. The summed E-state index contributed by atoms with van der Waals surface area (Å²) in [6, 6.07) is 18.8. The number of benzene rings is 2. The Morgan fingerprint density at radius 2 is 1.52 bits per heavy atom. The summed E-state index contributed by atoms with van der Waals surface area (Å²) in [7, 11) is 3.35. The number of amides is 2. The van der Waals surface area contributed by atoms with Crippen molar-refractivity contribution in [2.75, 3.05) is 32.2 Å². The molecule has 0 spiro atoms. The molecule has 0 unspecified atom stereocenters. The number of imide groups is 1. The molecular weight excluding hydrogens is 316 g/mol. The van der Waals surface area contributed by atoms with Gasteiger partial charge in [0.2, 0.25) is 0 Å².